The first kappa shape index (κ1) is 16.3. The lowest BCUT2D eigenvalue weighted by atomic mass is 10.1. The number of carbonyl (C=O) groups is 1. The monoisotopic (exact) mass is 327 g/mol. The van der Waals surface area contributed by atoms with Crippen molar-refractivity contribution in [3.63, 3.8) is 0 Å². The third kappa shape index (κ3) is 3.50. The van der Waals surface area contributed by atoms with E-state index in [0.717, 1.165) is 37.3 Å². The smallest absolute Gasteiger partial charge is 0.312 e. The minimum Gasteiger partial charge on any atom is -0.312 e. The van der Waals surface area contributed by atoms with Crippen molar-refractivity contribution in [2.45, 2.75) is 25.6 Å². The van der Waals surface area contributed by atoms with Crippen LogP contribution in [0.1, 0.15) is 18.1 Å². The zero-order chi connectivity index (χ0) is 16.6. The normalized spacial score (nSPS) is 22.3. The fraction of sp³-hybridized carbons (Fsp3) is 0.562. The molecule has 0 bridgehead atoms. The van der Waals surface area contributed by atoms with Crippen LogP contribution in [0.5, 0.6) is 0 Å². The SMILES string of the molecule is C[C@@H]1CN(CC(=O)N2CCc3ccc(C(F)(F)F)cc32)CCN1. The molecule has 0 aliphatic carbocycles. The molecule has 1 aromatic rings. The van der Waals surface area contributed by atoms with Gasteiger partial charge in [-0.15, -0.1) is 0 Å². The number of nitrogens with zero attached hydrogens (tertiary/aromatic N) is 2. The molecule has 1 atom stereocenters. The van der Waals surface area contributed by atoms with Crippen molar-refractivity contribution in [2.24, 2.45) is 0 Å². The predicted octanol–water partition coefficient (Wildman–Crippen LogP) is 1.89. The molecule has 0 unspecified atom stereocenters. The summed E-state index contributed by atoms with van der Waals surface area (Å²) in [5.41, 5.74) is 0.514. The van der Waals surface area contributed by atoms with E-state index in [4.69, 9.17) is 0 Å². The third-order valence-electron chi connectivity index (χ3n) is 4.42. The maximum atomic E-state index is 12.9. The Labute approximate surface area is 133 Å². The lowest BCUT2D eigenvalue weighted by molar-refractivity contribution is -0.137. The molecule has 23 heavy (non-hydrogen) atoms. The number of piperazine rings is 1. The number of halogens is 3. The molecular formula is C16H20F3N3O. The van der Waals surface area contributed by atoms with E-state index < -0.39 is 11.7 Å². The Bertz CT molecular complexity index is 603. The van der Waals surface area contributed by atoms with Crippen LogP contribution in [0.3, 0.4) is 0 Å². The van der Waals surface area contributed by atoms with Crippen molar-refractivity contribution < 1.29 is 18.0 Å². The van der Waals surface area contributed by atoms with Crippen LogP contribution in [0.2, 0.25) is 0 Å². The molecule has 1 aromatic carbocycles. The number of rotatable bonds is 2. The Balaban J connectivity index is 1.74. The van der Waals surface area contributed by atoms with E-state index in [1.807, 2.05) is 0 Å². The predicted molar refractivity (Wildman–Crippen MR) is 81.4 cm³/mol. The first-order chi connectivity index (χ1) is 10.8. The zero-order valence-corrected chi connectivity index (χ0v) is 13.0. The van der Waals surface area contributed by atoms with Gasteiger partial charge in [0.05, 0.1) is 12.1 Å². The molecule has 0 spiro atoms. The van der Waals surface area contributed by atoms with Crippen LogP contribution in [-0.4, -0.2) is 49.6 Å². The number of hydrogen-bond acceptors (Lipinski definition) is 3. The van der Waals surface area contributed by atoms with E-state index in [9.17, 15) is 18.0 Å². The Morgan fingerprint density at radius 3 is 2.83 bits per heavy atom. The minimum atomic E-state index is -4.39. The molecule has 1 fully saturated rings. The molecule has 1 amide bonds. The van der Waals surface area contributed by atoms with Crippen molar-refractivity contribution >= 4 is 11.6 Å². The van der Waals surface area contributed by atoms with Crippen LogP contribution in [0.15, 0.2) is 18.2 Å². The van der Waals surface area contributed by atoms with Gasteiger partial charge in [0.25, 0.3) is 0 Å². The molecule has 0 aromatic heterocycles. The quantitative estimate of drug-likeness (QED) is 0.901. The van der Waals surface area contributed by atoms with Gasteiger partial charge in [-0.2, -0.15) is 13.2 Å². The highest BCUT2D eigenvalue weighted by atomic mass is 19.4. The van der Waals surface area contributed by atoms with Crippen molar-refractivity contribution in [3.05, 3.63) is 29.3 Å². The van der Waals surface area contributed by atoms with Gasteiger partial charge in [0.2, 0.25) is 5.91 Å². The van der Waals surface area contributed by atoms with Gasteiger partial charge in [0, 0.05) is 37.9 Å². The van der Waals surface area contributed by atoms with Crippen LogP contribution >= 0.6 is 0 Å². The van der Waals surface area contributed by atoms with E-state index in [1.54, 1.807) is 0 Å². The molecule has 126 valence electrons. The number of nitrogens with one attached hydrogen (secondary N) is 1. The molecule has 1 N–H and O–H groups in total. The molecule has 4 nitrogen and oxygen atoms in total. The molecule has 2 aliphatic heterocycles. The maximum Gasteiger partial charge on any atom is 0.416 e. The average molecular weight is 327 g/mol. The van der Waals surface area contributed by atoms with Crippen LogP contribution in [0.4, 0.5) is 18.9 Å². The zero-order valence-electron chi connectivity index (χ0n) is 13.0. The van der Waals surface area contributed by atoms with Gasteiger partial charge >= 0.3 is 6.18 Å². The molecule has 0 radical (unpaired) electrons. The number of hydrogen-bond donors (Lipinski definition) is 1. The highest BCUT2D eigenvalue weighted by Crippen LogP contribution is 2.36. The van der Waals surface area contributed by atoms with Crippen molar-refractivity contribution in [1.29, 1.82) is 0 Å². The number of anilines is 1. The summed E-state index contributed by atoms with van der Waals surface area (Å²) in [4.78, 5) is 16.1. The summed E-state index contributed by atoms with van der Waals surface area (Å²) in [5.74, 6) is -0.128. The largest absolute Gasteiger partial charge is 0.416 e. The summed E-state index contributed by atoms with van der Waals surface area (Å²) in [6, 6.07) is 3.99. The maximum absolute atomic E-state index is 12.9. The Morgan fingerprint density at radius 1 is 1.35 bits per heavy atom. The van der Waals surface area contributed by atoms with Crippen molar-refractivity contribution in [2.75, 3.05) is 37.6 Å². The fourth-order valence-corrected chi connectivity index (χ4v) is 3.25. The lowest BCUT2D eigenvalue weighted by Crippen LogP contribution is -2.52. The second-order valence-corrected chi connectivity index (χ2v) is 6.23. The summed E-state index contributed by atoms with van der Waals surface area (Å²) in [6.07, 6.45) is -3.78. The van der Waals surface area contributed by atoms with E-state index in [2.05, 4.69) is 17.1 Å². The van der Waals surface area contributed by atoms with Gasteiger partial charge in [-0.1, -0.05) is 6.07 Å². The molecule has 2 heterocycles. The van der Waals surface area contributed by atoms with Gasteiger partial charge < -0.3 is 10.2 Å². The Kier molecular flexibility index (Phi) is 4.33. The Morgan fingerprint density at radius 2 is 2.13 bits per heavy atom. The molecular weight excluding hydrogens is 307 g/mol. The van der Waals surface area contributed by atoms with Crippen molar-refractivity contribution in [1.82, 2.24) is 10.2 Å². The van der Waals surface area contributed by atoms with Gasteiger partial charge in [0.15, 0.2) is 0 Å². The summed E-state index contributed by atoms with van der Waals surface area (Å²) < 4.78 is 38.6. The summed E-state index contributed by atoms with van der Waals surface area (Å²) in [7, 11) is 0. The number of benzene rings is 1. The molecule has 3 rings (SSSR count). The average Bonchev–Trinajstić information content (AvgIpc) is 2.89. The van der Waals surface area contributed by atoms with Gasteiger partial charge in [-0.25, -0.2) is 0 Å². The molecule has 1 saturated heterocycles. The van der Waals surface area contributed by atoms with Gasteiger partial charge in [-0.3, -0.25) is 9.69 Å². The highest BCUT2D eigenvalue weighted by molar-refractivity contribution is 5.96. The number of alkyl halides is 3. The number of carbonyl (C=O) groups excluding carboxylic acids is 1. The standard InChI is InChI=1S/C16H20F3N3O/c1-11-9-21(7-5-20-11)10-15(23)22-6-4-12-2-3-13(8-14(12)22)16(17,18)19/h2-3,8,11,20H,4-7,9-10H2,1H3/t11-/m1/s1. The van der Waals surface area contributed by atoms with E-state index in [1.165, 1.54) is 11.0 Å². The second kappa shape index (κ2) is 6.13. The number of amides is 1. The lowest BCUT2D eigenvalue weighted by Gasteiger charge is -2.32. The highest BCUT2D eigenvalue weighted by Gasteiger charge is 2.34. The molecule has 0 saturated carbocycles. The summed E-state index contributed by atoms with van der Waals surface area (Å²) in [5, 5.41) is 3.30. The van der Waals surface area contributed by atoms with Crippen LogP contribution < -0.4 is 10.2 Å². The van der Waals surface area contributed by atoms with Gasteiger partial charge in [-0.05, 0) is 31.0 Å². The van der Waals surface area contributed by atoms with Crippen molar-refractivity contribution in [3.8, 4) is 0 Å². The van der Waals surface area contributed by atoms with E-state index >= 15 is 0 Å². The first-order valence-electron chi connectivity index (χ1n) is 7.81. The van der Waals surface area contributed by atoms with Crippen LogP contribution in [-0.2, 0) is 17.4 Å². The van der Waals surface area contributed by atoms with Crippen LogP contribution in [0, 0.1) is 0 Å². The van der Waals surface area contributed by atoms with E-state index in [-0.39, 0.29) is 12.5 Å². The Hall–Kier alpha value is -1.60. The second-order valence-electron chi connectivity index (χ2n) is 6.23. The fourth-order valence-electron chi connectivity index (χ4n) is 3.25. The summed E-state index contributed by atoms with van der Waals surface area (Å²) in [6.45, 7) is 5.13. The molecule has 7 heteroatoms. The van der Waals surface area contributed by atoms with Gasteiger partial charge in [0.1, 0.15) is 0 Å². The first-order valence-corrected chi connectivity index (χ1v) is 7.81. The number of fused-ring (bicyclic) bond motifs is 1. The minimum absolute atomic E-state index is 0.128. The third-order valence-corrected chi connectivity index (χ3v) is 4.42. The van der Waals surface area contributed by atoms with E-state index in [0.29, 0.717) is 24.7 Å². The van der Waals surface area contributed by atoms with Crippen LogP contribution in [0.25, 0.3) is 0 Å². The topological polar surface area (TPSA) is 35.6 Å². The molecule has 2 aliphatic rings. The summed E-state index contributed by atoms with van der Waals surface area (Å²) >= 11 is 0.